The molecule has 8 fully saturated rings. The van der Waals surface area contributed by atoms with Crippen LogP contribution in [0, 0.1) is 28.1 Å². The first-order valence-corrected chi connectivity index (χ1v) is 26.4. The Labute approximate surface area is 442 Å². The van der Waals surface area contributed by atoms with Crippen molar-refractivity contribution >= 4 is 5.97 Å². The summed E-state index contributed by atoms with van der Waals surface area (Å²) in [6.45, 7) is 3.87. The van der Waals surface area contributed by atoms with E-state index in [1.54, 1.807) is 6.92 Å². The van der Waals surface area contributed by atoms with E-state index < -0.39 is 215 Å². The van der Waals surface area contributed by atoms with Crippen LogP contribution in [0.4, 0.5) is 0 Å². The van der Waals surface area contributed by atoms with Crippen LogP contribution in [0.1, 0.15) is 65.2 Å². The molecule has 0 aromatic heterocycles. The SMILES string of the molecule is C=C1CC[C@@H]2C(COC3OC(CO)C(O)C(OC4OC(CO)C(O)C(O)C4O)C3O)(CCC3[C@](C)(C(=O)OC4OC(CO)C(O)C(OC5OC(CO)C(O)C(O)C5O)C4OC4OC(CO)C(O)C(O)C4O)CCC[C@]32C)C1. The molecule has 5 aliphatic heterocycles. The van der Waals surface area contributed by atoms with Crippen molar-refractivity contribution in [3.8, 4) is 0 Å². The van der Waals surface area contributed by atoms with Gasteiger partial charge in [0, 0.05) is 5.41 Å². The Balaban J connectivity index is 1.04. The number of hydrogen-bond donors (Lipinski definition) is 17. The van der Waals surface area contributed by atoms with Crippen LogP contribution in [-0.4, -0.2) is 286 Å². The molecule has 3 saturated carbocycles. The molecular weight excluding hydrogens is 1040 g/mol. The lowest BCUT2D eigenvalue weighted by atomic mass is 9.40. The van der Waals surface area contributed by atoms with Crippen LogP contribution in [0.15, 0.2) is 12.2 Å². The quantitative estimate of drug-likeness (QED) is 0.0504. The second kappa shape index (κ2) is 24.6. The van der Waals surface area contributed by atoms with Crippen molar-refractivity contribution in [2.75, 3.05) is 39.6 Å². The van der Waals surface area contributed by atoms with Gasteiger partial charge in [-0.2, -0.15) is 0 Å². The van der Waals surface area contributed by atoms with Crippen molar-refractivity contribution in [3.05, 3.63) is 12.2 Å². The van der Waals surface area contributed by atoms with E-state index in [9.17, 15) is 86.8 Å². The molecule has 0 aromatic carbocycles. The first kappa shape index (κ1) is 61.2. The van der Waals surface area contributed by atoms with E-state index in [1.165, 1.54) is 0 Å². The largest absolute Gasteiger partial charge is 0.432 e. The molecule has 30 atom stereocenters. The molecule has 3 aliphatic carbocycles. The van der Waals surface area contributed by atoms with Gasteiger partial charge in [0.2, 0.25) is 6.29 Å². The lowest BCUT2D eigenvalue weighted by Gasteiger charge is -2.64. The van der Waals surface area contributed by atoms with Crippen LogP contribution in [0.5, 0.6) is 0 Å². The minimum atomic E-state index is -2.05. The maximum Gasteiger partial charge on any atom is 0.314 e. The number of carbonyl (C=O) groups excluding carboxylic acids is 1. The van der Waals surface area contributed by atoms with Gasteiger partial charge in [-0.25, -0.2) is 0 Å². The average Bonchev–Trinajstić information content (AvgIpc) is 3.45. The van der Waals surface area contributed by atoms with Gasteiger partial charge in [-0.3, -0.25) is 4.79 Å². The van der Waals surface area contributed by atoms with Crippen LogP contribution in [-0.2, 0) is 52.2 Å². The number of hydrogen-bond acceptors (Lipinski definition) is 28. The van der Waals surface area contributed by atoms with Crippen molar-refractivity contribution in [2.24, 2.45) is 28.1 Å². The fraction of sp³-hybridized carbons (Fsp3) is 0.939. The summed E-state index contributed by atoms with van der Waals surface area (Å²) in [5, 5.41) is 181. The molecule has 0 spiro atoms. The van der Waals surface area contributed by atoms with Crippen molar-refractivity contribution in [1.82, 2.24) is 0 Å². The monoisotopic (exact) mass is 1120 g/mol. The highest BCUT2D eigenvalue weighted by Crippen LogP contribution is 2.68. The number of aliphatic hydroxyl groups is 17. The molecule has 5 saturated heterocycles. The molecule has 28 nitrogen and oxygen atoms in total. The Bertz CT molecular complexity index is 1970. The van der Waals surface area contributed by atoms with E-state index in [0.717, 1.165) is 5.57 Å². The summed E-state index contributed by atoms with van der Waals surface area (Å²) in [7, 11) is 0. The zero-order chi connectivity index (χ0) is 56.2. The highest BCUT2D eigenvalue weighted by molar-refractivity contribution is 5.77. The molecule has 0 amide bonds. The fourth-order valence-corrected chi connectivity index (χ4v) is 13.8. The van der Waals surface area contributed by atoms with Crippen LogP contribution in [0.25, 0.3) is 0 Å². The number of allylic oxidation sites excluding steroid dienone is 1. The average molecular weight is 1120 g/mol. The number of aliphatic hydroxyl groups excluding tert-OH is 17. The predicted molar refractivity (Wildman–Crippen MR) is 249 cm³/mol. The molecule has 8 aliphatic rings. The maximum absolute atomic E-state index is 15.2. The van der Waals surface area contributed by atoms with E-state index in [0.29, 0.717) is 51.4 Å². The fourth-order valence-electron chi connectivity index (χ4n) is 13.8. The van der Waals surface area contributed by atoms with E-state index in [2.05, 4.69) is 13.5 Å². The Hall–Kier alpha value is -1.83. The Morgan fingerprint density at radius 2 is 0.922 bits per heavy atom. The summed E-state index contributed by atoms with van der Waals surface area (Å²) in [6.07, 6.45) is -40.7. The third-order valence-electron chi connectivity index (χ3n) is 18.1. The van der Waals surface area contributed by atoms with Crippen LogP contribution in [0.2, 0.25) is 0 Å². The molecule has 28 heteroatoms. The molecule has 0 radical (unpaired) electrons. The Morgan fingerprint density at radius 3 is 1.42 bits per heavy atom. The van der Waals surface area contributed by atoms with Crippen molar-refractivity contribution in [2.45, 2.75) is 219 Å². The molecule has 0 aromatic rings. The second-order valence-electron chi connectivity index (χ2n) is 22.8. The van der Waals surface area contributed by atoms with Crippen LogP contribution in [0.3, 0.4) is 0 Å². The second-order valence-corrected chi connectivity index (χ2v) is 22.8. The van der Waals surface area contributed by atoms with Gasteiger partial charge in [0.25, 0.3) is 0 Å². The van der Waals surface area contributed by atoms with Gasteiger partial charge >= 0.3 is 5.97 Å². The molecule has 17 N–H and O–H groups in total. The third kappa shape index (κ3) is 11.4. The van der Waals surface area contributed by atoms with Gasteiger partial charge in [0.15, 0.2) is 31.3 Å². The minimum Gasteiger partial charge on any atom is -0.432 e. The first-order valence-electron chi connectivity index (χ1n) is 26.4. The summed E-state index contributed by atoms with van der Waals surface area (Å²) in [6, 6.07) is 0. The number of rotatable bonds is 16. The Kier molecular flexibility index (Phi) is 19.5. The van der Waals surface area contributed by atoms with E-state index in [1.807, 2.05) is 0 Å². The number of carbonyl (C=O) groups is 1. The van der Waals surface area contributed by atoms with Gasteiger partial charge < -0.3 is 134 Å². The first-order chi connectivity index (χ1) is 36.4. The lowest BCUT2D eigenvalue weighted by molar-refractivity contribution is -0.389. The minimum absolute atomic E-state index is 0.0590. The summed E-state index contributed by atoms with van der Waals surface area (Å²) in [4.78, 5) is 15.2. The maximum atomic E-state index is 15.2. The number of esters is 1. The van der Waals surface area contributed by atoms with E-state index >= 15 is 4.79 Å². The zero-order valence-electron chi connectivity index (χ0n) is 42.8. The molecule has 8 rings (SSSR count). The van der Waals surface area contributed by atoms with Gasteiger partial charge in [0.1, 0.15) is 116 Å². The van der Waals surface area contributed by atoms with E-state index in [4.69, 9.17) is 47.4 Å². The van der Waals surface area contributed by atoms with Gasteiger partial charge in [-0.1, -0.05) is 25.5 Å². The van der Waals surface area contributed by atoms with E-state index in [-0.39, 0.29) is 12.5 Å². The highest BCUT2D eigenvalue weighted by atomic mass is 16.8. The number of fused-ring (bicyclic) bond motifs is 3. The molecular formula is C49H80O28. The van der Waals surface area contributed by atoms with Gasteiger partial charge in [0.05, 0.1) is 45.1 Å². The third-order valence-corrected chi connectivity index (χ3v) is 18.1. The lowest BCUT2D eigenvalue weighted by Crippen LogP contribution is -2.67. The number of ether oxygens (including phenoxy) is 10. The highest BCUT2D eigenvalue weighted by Gasteiger charge is 2.65. The molecule has 0 bridgehead atoms. The Morgan fingerprint density at radius 1 is 0.494 bits per heavy atom. The summed E-state index contributed by atoms with van der Waals surface area (Å²) >= 11 is 0. The molecule has 5 heterocycles. The van der Waals surface area contributed by atoms with Crippen LogP contribution >= 0.6 is 0 Å². The normalized spacial score (nSPS) is 52.6. The zero-order valence-corrected chi connectivity index (χ0v) is 42.8. The summed E-state index contributed by atoms with van der Waals surface area (Å²) in [5.74, 6) is -1.44. The molecule has 444 valence electrons. The predicted octanol–water partition coefficient (Wildman–Crippen LogP) is -7.43. The standard InChI is InChI=1S/C49H80O28/c1-18-5-6-25-47(2)8-4-9-48(3,24(47)7-10-49(25,11-18)17-68-41-37(66)38(29(58)22(15-53)69-41)74-42-34(63)31(60)26(55)19(12-50)70-42)46(67)77-45-40(76-44-36(65)33(62)28(57)21(14-52)72-44)39(30(59)23(16-54)73-45)75-43-35(64)32(61)27(56)20(13-51)71-43/h19-45,50-66H,1,4-17H2,2-3H3/t19?,20?,21?,22?,23?,24?,25-,26?,27?,28?,29?,30?,31?,32?,33?,34?,35?,36?,37?,38?,39?,40?,41?,42?,43?,44?,45?,47+,48+,49?/m0/s1. The molecule has 77 heavy (non-hydrogen) atoms. The summed E-state index contributed by atoms with van der Waals surface area (Å²) < 4.78 is 59.2. The van der Waals surface area contributed by atoms with Crippen molar-refractivity contribution in [1.29, 1.82) is 0 Å². The van der Waals surface area contributed by atoms with Crippen molar-refractivity contribution in [3.63, 3.8) is 0 Å². The molecule has 27 unspecified atom stereocenters. The van der Waals surface area contributed by atoms with Crippen LogP contribution < -0.4 is 0 Å². The van der Waals surface area contributed by atoms with Crippen molar-refractivity contribution < 1.29 is 139 Å². The smallest absolute Gasteiger partial charge is 0.314 e. The van der Waals surface area contributed by atoms with Gasteiger partial charge in [-0.15, -0.1) is 0 Å². The topological polar surface area (TPSA) is 453 Å². The van der Waals surface area contributed by atoms with Gasteiger partial charge in [-0.05, 0) is 69.1 Å². The summed E-state index contributed by atoms with van der Waals surface area (Å²) in [5.41, 5.74) is -1.73.